The number of carboxylic acid groups (broad SMARTS) is 1. The number of carbonyl (C=O) groups is 1. The molecule has 0 radical (unpaired) electrons. The summed E-state index contributed by atoms with van der Waals surface area (Å²) in [5.41, 5.74) is 0.376. The summed E-state index contributed by atoms with van der Waals surface area (Å²) in [5, 5.41) is 14.0. The molecule has 2 atom stereocenters. The standard InChI is InChI=1S/C12H17NO3S/c1-16-11-4-2-3-10(11)13-6-9-5-8(7-17-9)12(14)15/h5,7,10-11,13H,2-4,6H2,1H3,(H,14,15). The minimum atomic E-state index is -0.858. The van der Waals surface area contributed by atoms with Crippen LogP contribution in [0.2, 0.25) is 0 Å². The fourth-order valence-electron chi connectivity index (χ4n) is 2.26. The van der Waals surface area contributed by atoms with Gasteiger partial charge in [0.05, 0.1) is 11.7 Å². The second-order valence-electron chi connectivity index (χ2n) is 4.30. The monoisotopic (exact) mass is 255 g/mol. The Hall–Kier alpha value is -0.910. The maximum Gasteiger partial charge on any atom is 0.336 e. The lowest BCUT2D eigenvalue weighted by Gasteiger charge is -2.19. The van der Waals surface area contributed by atoms with E-state index in [9.17, 15) is 4.79 Å². The maximum absolute atomic E-state index is 10.7. The Bertz CT molecular complexity index is 391. The molecule has 2 unspecified atom stereocenters. The van der Waals surface area contributed by atoms with Crippen molar-refractivity contribution in [1.29, 1.82) is 0 Å². The van der Waals surface area contributed by atoms with Crippen LogP contribution in [0.15, 0.2) is 11.4 Å². The van der Waals surface area contributed by atoms with Gasteiger partial charge in [-0.25, -0.2) is 4.79 Å². The van der Waals surface area contributed by atoms with E-state index in [1.165, 1.54) is 17.8 Å². The van der Waals surface area contributed by atoms with Crippen molar-refractivity contribution in [3.05, 3.63) is 21.9 Å². The zero-order valence-electron chi connectivity index (χ0n) is 9.81. The van der Waals surface area contributed by atoms with Crippen LogP contribution in [0.4, 0.5) is 0 Å². The van der Waals surface area contributed by atoms with Crippen LogP contribution < -0.4 is 5.32 Å². The molecule has 0 amide bonds. The largest absolute Gasteiger partial charge is 0.478 e. The topological polar surface area (TPSA) is 58.6 Å². The number of ether oxygens (including phenoxy) is 1. The van der Waals surface area contributed by atoms with Gasteiger partial charge < -0.3 is 15.2 Å². The minimum absolute atomic E-state index is 0.300. The average Bonchev–Trinajstić information content (AvgIpc) is 2.95. The van der Waals surface area contributed by atoms with E-state index < -0.39 is 5.97 Å². The summed E-state index contributed by atoms with van der Waals surface area (Å²) in [6.45, 7) is 0.725. The highest BCUT2D eigenvalue weighted by molar-refractivity contribution is 7.10. The van der Waals surface area contributed by atoms with Gasteiger partial charge in [-0.15, -0.1) is 11.3 Å². The molecule has 17 heavy (non-hydrogen) atoms. The summed E-state index contributed by atoms with van der Waals surface area (Å²) in [4.78, 5) is 11.8. The van der Waals surface area contributed by atoms with Crippen molar-refractivity contribution in [2.24, 2.45) is 0 Å². The molecule has 0 aliphatic heterocycles. The summed E-state index contributed by atoms with van der Waals surface area (Å²) < 4.78 is 5.40. The van der Waals surface area contributed by atoms with Crippen molar-refractivity contribution >= 4 is 17.3 Å². The zero-order valence-corrected chi connectivity index (χ0v) is 10.6. The van der Waals surface area contributed by atoms with Gasteiger partial charge >= 0.3 is 5.97 Å². The highest BCUT2D eigenvalue weighted by atomic mass is 32.1. The Morgan fingerprint density at radius 3 is 3.12 bits per heavy atom. The average molecular weight is 255 g/mol. The third-order valence-electron chi connectivity index (χ3n) is 3.19. The molecule has 1 aliphatic rings. The number of rotatable bonds is 5. The molecule has 1 aromatic heterocycles. The summed E-state index contributed by atoms with van der Waals surface area (Å²) in [5.74, 6) is -0.858. The van der Waals surface area contributed by atoms with E-state index in [0.29, 0.717) is 17.7 Å². The van der Waals surface area contributed by atoms with Crippen LogP contribution in [0.1, 0.15) is 34.5 Å². The number of methoxy groups -OCH3 is 1. The second-order valence-corrected chi connectivity index (χ2v) is 5.30. The van der Waals surface area contributed by atoms with Gasteiger partial charge in [-0.3, -0.25) is 0 Å². The van der Waals surface area contributed by atoms with Crippen molar-refractivity contribution < 1.29 is 14.6 Å². The molecule has 1 fully saturated rings. The molecule has 1 aliphatic carbocycles. The van der Waals surface area contributed by atoms with Crippen LogP contribution in [0, 0.1) is 0 Å². The van der Waals surface area contributed by atoms with Crippen LogP contribution in [-0.4, -0.2) is 30.3 Å². The highest BCUT2D eigenvalue weighted by Crippen LogP contribution is 2.22. The molecule has 5 heteroatoms. The Morgan fingerprint density at radius 1 is 1.65 bits per heavy atom. The van der Waals surface area contributed by atoms with Crippen molar-refractivity contribution in [2.75, 3.05) is 7.11 Å². The SMILES string of the molecule is COC1CCCC1NCc1cc(C(=O)O)cs1. The van der Waals surface area contributed by atoms with Crippen molar-refractivity contribution in [2.45, 2.75) is 38.0 Å². The fraction of sp³-hybridized carbons (Fsp3) is 0.583. The second kappa shape index (κ2) is 5.62. The number of thiophene rings is 1. The number of carboxylic acids is 1. The smallest absolute Gasteiger partial charge is 0.336 e. The molecule has 4 nitrogen and oxygen atoms in total. The van der Waals surface area contributed by atoms with Gasteiger partial charge in [0.25, 0.3) is 0 Å². The lowest BCUT2D eigenvalue weighted by Crippen LogP contribution is -2.36. The first-order valence-electron chi connectivity index (χ1n) is 5.77. The van der Waals surface area contributed by atoms with E-state index in [2.05, 4.69) is 5.32 Å². The number of aromatic carboxylic acids is 1. The molecular formula is C12H17NO3S. The molecule has 1 saturated carbocycles. The molecular weight excluding hydrogens is 238 g/mol. The molecule has 0 bridgehead atoms. The normalized spacial score (nSPS) is 24.1. The fourth-order valence-corrected chi connectivity index (χ4v) is 3.07. The van der Waals surface area contributed by atoms with Gasteiger partial charge in [0, 0.05) is 30.0 Å². The van der Waals surface area contributed by atoms with Crippen LogP contribution in [-0.2, 0) is 11.3 Å². The quantitative estimate of drug-likeness (QED) is 0.846. The predicted molar refractivity (Wildman–Crippen MR) is 66.6 cm³/mol. The first-order chi connectivity index (χ1) is 8.20. The van der Waals surface area contributed by atoms with Gasteiger partial charge in [-0.1, -0.05) is 0 Å². The number of hydrogen-bond donors (Lipinski definition) is 2. The maximum atomic E-state index is 10.7. The molecule has 0 spiro atoms. The third kappa shape index (κ3) is 3.06. The van der Waals surface area contributed by atoms with E-state index in [0.717, 1.165) is 24.3 Å². The summed E-state index contributed by atoms with van der Waals surface area (Å²) >= 11 is 1.49. The van der Waals surface area contributed by atoms with Crippen molar-refractivity contribution in [3.63, 3.8) is 0 Å². The van der Waals surface area contributed by atoms with Gasteiger partial charge in [-0.05, 0) is 25.3 Å². The summed E-state index contributed by atoms with van der Waals surface area (Å²) in [7, 11) is 1.75. The van der Waals surface area contributed by atoms with E-state index in [1.54, 1.807) is 18.6 Å². The summed E-state index contributed by atoms with van der Waals surface area (Å²) in [6, 6.07) is 2.13. The predicted octanol–water partition coefficient (Wildman–Crippen LogP) is 2.10. The first-order valence-corrected chi connectivity index (χ1v) is 6.65. The molecule has 0 saturated heterocycles. The van der Waals surface area contributed by atoms with Crippen LogP contribution >= 0.6 is 11.3 Å². The Balaban J connectivity index is 1.86. The zero-order chi connectivity index (χ0) is 12.3. The molecule has 2 N–H and O–H groups in total. The molecule has 1 aromatic rings. The van der Waals surface area contributed by atoms with Crippen LogP contribution in [0.5, 0.6) is 0 Å². The highest BCUT2D eigenvalue weighted by Gasteiger charge is 2.26. The van der Waals surface area contributed by atoms with Crippen LogP contribution in [0.25, 0.3) is 0 Å². The Labute approximate surface area is 105 Å². The summed E-state index contributed by atoms with van der Waals surface area (Å²) in [6.07, 6.45) is 3.74. The lowest BCUT2D eigenvalue weighted by molar-refractivity contribution is 0.0697. The molecule has 2 rings (SSSR count). The van der Waals surface area contributed by atoms with E-state index >= 15 is 0 Å². The van der Waals surface area contributed by atoms with Gasteiger partial charge in [0.1, 0.15) is 0 Å². The van der Waals surface area contributed by atoms with Crippen molar-refractivity contribution in [3.8, 4) is 0 Å². The molecule has 94 valence electrons. The number of nitrogens with one attached hydrogen (secondary N) is 1. The third-order valence-corrected chi connectivity index (χ3v) is 4.13. The first kappa shape index (κ1) is 12.5. The lowest BCUT2D eigenvalue weighted by atomic mass is 10.2. The van der Waals surface area contributed by atoms with Gasteiger partial charge in [0.15, 0.2) is 0 Å². The van der Waals surface area contributed by atoms with E-state index in [1.807, 2.05) is 0 Å². The van der Waals surface area contributed by atoms with Crippen LogP contribution in [0.3, 0.4) is 0 Å². The minimum Gasteiger partial charge on any atom is -0.478 e. The Morgan fingerprint density at radius 2 is 2.47 bits per heavy atom. The van der Waals surface area contributed by atoms with Gasteiger partial charge in [-0.2, -0.15) is 0 Å². The molecule has 0 aromatic carbocycles. The van der Waals surface area contributed by atoms with Gasteiger partial charge in [0.2, 0.25) is 0 Å². The number of hydrogen-bond acceptors (Lipinski definition) is 4. The van der Waals surface area contributed by atoms with E-state index in [4.69, 9.17) is 9.84 Å². The Kier molecular flexibility index (Phi) is 4.15. The van der Waals surface area contributed by atoms with E-state index in [-0.39, 0.29) is 0 Å². The van der Waals surface area contributed by atoms with Crippen molar-refractivity contribution in [1.82, 2.24) is 5.32 Å². The molecule has 1 heterocycles.